The van der Waals surface area contributed by atoms with E-state index < -0.39 is 46.3 Å². The van der Waals surface area contributed by atoms with Crippen LogP contribution in [0.25, 0.3) is 0 Å². The molecule has 5 aliphatic rings. The molecular formula is C26H30O7. The fourth-order valence-electron chi connectivity index (χ4n) is 8.57. The van der Waals surface area contributed by atoms with Crippen LogP contribution in [-0.4, -0.2) is 48.3 Å². The summed E-state index contributed by atoms with van der Waals surface area (Å²) in [5, 5.41) is 11.3. The Bertz CT molecular complexity index is 1010. The lowest BCUT2D eigenvalue weighted by Gasteiger charge is -2.45. The molecule has 1 heterocycles. The standard InChI is InChI=1S/C26H30O7/c1-31-22(29)20-21-25(14-32-13-15-5-3-2-4-6-15)19(28)9-10-26(21,33-23(25)30)18-8-7-16-11-24(18,20)12-17(16)27/h2-6,16,18-21,28H,7-14H2,1H3/t16-,18-,19-,20-,21-,24-,25+,26-/m1/s1. The van der Waals surface area contributed by atoms with Gasteiger partial charge in [-0.1, -0.05) is 30.3 Å². The van der Waals surface area contributed by atoms with E-state index in [2.05, 4.69) is 0 Å². The third kappa shape index (κ3) is 2.55. The zero-order valence-electron chi connectivity index (χ0n) is 18.8. The average molecular weight is 455 g/mol. The molecule has 0 unspecified atom stereocenters. The molecule has 1 aromatic carbocycles. The van der Waals surface area contributed by atoms with Crippen molar-refractivity contribution in [3.63, 3.8) is 0 Å². The molecule has 6 rings (SSSR count). The molecule has 4 aliphatic carbocycles. The van der Waals surface area contributed by atoms with E-state index in [4.69, 9.17) is 14.2 Å². The van der Waals surface area contributed by atoms with Crippen molar-refractivity contribution in [3.05, 3.63) is 35.9 Å². The molecule has 1 saturated heterocycles. The van der Waals surface area contributed by atoms with E-state index in [1.807, 2.05) is 30.3 Å². The van der Waals surface area contributed by atoms with Crippen LogP contribution in [0.1, 0.15) is 44.1 Å². The molecule has 7 heteroatoms. The smallest absolute Gasteiger partial charge is 0.318 e. The number of carbonyl (C=O) groups excluding carboxylic acids is 3. The Balaban J connectivity index is 1.43. The van der Waals surface area contributed by atoms with E-state index in [-0.39, 0.29) is 24.2 Å². The van der Waals surface area contributed by atoms with Gasteiger partial charge in [-0.2, -0.15) is 0 Å². The lowest BCUT2D eigenvalue weighted by molar-refractivity contribution is -0.169. The molecule has 7 nitrogen and oxygen atoms in total. The van der Waals surface area contributed by atoms with Gasteiger partial charge in [-0.3, -0.25) is 14.4 Å². The largest absolute Gasteiger partial charge is 0.469 e. The van der Waals surface area contributed by atoms with E-state index in [0.717, 1.165) is 18.4 Å². The van der Waals surface area contributed by atoms with Crippen LogP contribution in [0.3, 0.4) is 0 Å². The predicted molar refractivity (Wildman–Crippen MR) is 114 cm³/mol. The molecule has 0 radical (unpaired) electrons. The van der Waals surface area contributed by atoms with E-state index >= 15 is 0 Å². The van der Waals surface area contributed by atoms with Crippen LogP contribution in [0.4, 0.5) is 0 Å². The number of aliphatic hydroxyl groups is 1. The van der Waals surface area contributed by atoms with Gasteiger partial charge in [-0.25, -0.2) is 0 Å². The van der Waals surface area contributed by atoms with Gasteiger partial charge >= 0.3 is 11.9 Å². The number of esters is 2. The van der Waals surface area contributed by atoms with Crippen LogP contribution in [0, 0.1) is 34.5 Å². The van der Waals surface area contributed by atoms with Gasteiger partial charge in [0, 0.05) is 24.2 Å². The molecule has 5 fully saturated rings. The molecule has 1 aliphatic heterocycles. The van der Waals surface area contributed by atoms with Gasteiger partial charge in [-0.15, -0.1) is 0 Å². The monoisotopic (exact) mass is 454 g/mol. The Morgan fingerprint density at radius 1 is 1.18 bits per heavy atom. The summed E-state index contributed by atoms with van der Waals surface area (Å²) < 4.78 is 17.6. The minimum absolute atomic E-state index is 0.0258. The minimum Gasteiger partial charge on any atom is -0.469 e. The van der Waals surface area contributed by atoms with E-state index in [1.54, 1.807) is 0 Å². The molecule has 4 saturated carbocycles. The van der Waals surface area contributed by atoms with E-state index in [9.17, 15) is 19.5 Å². The first-order chi connectivity index (χ1) is 15.9. The Kier molecular flexibility index (Phi) is 4.60. The minimum atomic E-state index is -1.33. The first kappa shape index (κ1) is 21.3. The average Bonchev–Trinajstić information content (AvgIpc) is 3.29. The summed E-state index contributed by atoms with van der Waals surface area (Å²) in [6, 6.07) is 9.64. The van der Waals surface area contributed by atoms with Crippen molar-refractivity contribution in [1.82, 2.24) is 0 Å². The highest BCUT2D eigenvalue weighted by atomic mass is 16.6. The summed E-state index contributed by atoms with van der Waals surface area (Å²) >= 11 is 0. The zero-order chi connectivity index (χ0) is 23.0. The van der Waals surface area contributed by atoms with Gasteiger partial charge in [0.1, 0.15) is 16.8 Å². The van der Waals surface area contributed by atoms with Gasteiger partial charge in [0.05, 0.1) is 32.3 Å². The maximum Gasteiger partial charge on any atom is 0.318 e. The molecule has 176 valence electrons. The highest BCUT2D eigenvalue weighted by Crippen LogP contribution is 2.77. The summed E-state index contributed by atoms with van der Waals surface area (Å²) in [6.45, 7) is 0.266. The quantitative estimate of drug-likeness (QED) is 0.682. The Hall–Kier alpha value is -2.25. The van der Waals surface area contributed by atoms with Crippen molar-refractivity contribution in [1.29, 1.82) is 0 Å². The highest BCUT2D eigenvalue weighted by Gasteiger charge is 2.84. The molecular weight excluding hydrogens is 424 g/mol. The number of rotatable bonds is 5. The first-order valence-corrected chi connectivity index (χ1v) is 12.0. The second kappa shape index (κ2) is 7.12. The van der Waals surface area contributed by atoms with Crippen molar-refractivity contribution >= 4 is 17.7 Å². The normalized spacial score (nSPS) is 44.8. The Morgan fingerprint density at radius 3 is 2.73 bits per heavy atom. The van der Waals surface area contributed by atoms with Crippen molar-refractivity contribution in [2.45, 2.75) is 56.8 Å². The van der Waals surface area contributed by atoms with Gasteiger partial charge in [0.15, 0.2) is 0 Å². The number of methoxy groups -OCH3 is 1. The molecule has 33 heavy (non-hydrogen) atoms. The SMILES string of the molecule is COC(=O)[C@H]1[C@H]2[C@@]3(CC[C@@H](O)[C@]2(COCc2ccccc2)C(=O)O3)[C@@H]2CC[C@@H]3C[C@@]21CC3=O. The summed E-state index contributed by atoms with van der Waals surface area (Å²) in [6.07, 6.45) is 2.44. The molecule has 4 bridgehead atoms. The number of hydrogen-bond acceptors (Lipinski definition) is 7. The summed E-state index contributed by atoms with van der Waals surface area (Å²) in [5.41, 5.74) is -1.78. The molecule has 0 aromatic heterocycles. The summed E-state index contributed by atoms with van der Waals surface area (Å²) in [4.78, 5) is 39.8. The number of carbonyl (C=O) groups is 3. The van der Waals surface area contributed by atoms with Gasteiger partial charge in [0.2, 0.25) is 0 Å². The molecule has 1 spiro atoms. The maximum atomic E-state index is 13.6. The third-order valence-electron chi connectivity index (χ3n) is 9.68. The van der Waals surface area contributed by atoms with Crippen molar-refractivity contribution < 1.29 is 33.7 Å². The Morgan fingerprint density at radius 2 is 1.97 bits per heavy atom. The zero-order valence-corrected chi connectivity index (χ0v) is 18.8. The third-order valence-corrected chi connectivity index (χ3v) is 9.68. The van der Waals surface area contributed by atoms with Crippen LogP contribution in [0.15, 0.2) is 30.3 Å². The second-order valence-corrected chi connectivity index (χ2v) is 10.8. The fourth-order valence-corrected chi connectivity index (χ4v) is 8.57. The Labute approximate surface area is 192 Å². The summed E-state index contributed by atoms with van der Waals surface area (Å²) in [5.74, 6) is -1.99. The highest BCUT2D eigenvalue weighted by molar-refractivity contribution is 5.90. The number of hydrogen-bond donors (Lipinski definition) is 1. The van der Waals surface area contributed by atoms with Crippen LogP contribution >= 0.6 is 0 Å². The van der Waals surface area contributed by atoms with Crippen LogP contribution in [-0.2, 0) is 35.2 Å². The molecule has 1 aromatic rings. The lowest BCUT2D eigenvalue weighted by Crippen LogP contribution is -2.57. The van der Waals surface area contributed by atoms with Crippen LogP contribution in [0.5, 0.6) is 0 Å². The molecule has 1 N–H and O–H groups in total. The van der Waals surface area contributed by atoms with Crippen molar-refractivity contribution in [2.75, 3.05) is 13.7 Å². The van der Waals surface area contributed by atoms with Gasteiger partial charge in [-0.05, 0) is 43.1 Å². The molecule has 0 amide bonds. The number of fused-ring (bicyclic) bond motifs is 1. The number of ether oxygens (including phenoxy) is 3. The lowest BCUT2D eigenvalue weighted by atomic mass is 9.58. The predicted octanol–water partition coefficient (Wildman–Crippen LogP) is 2.43. The topological polar surface area (TPSA) is 99.1 Å². The number of benzene rings is 1. The van der Waals surface area contributed by atoms with E-state index in [1.165, 1.54) is 7.11 Å². The number of Topliss-reactive ketones (excluding diaryl/α,β-unsaturated/α-hetero) is 1. The fraction of sp³-hybridized carbons (Fsp3) is 0.654. The first-order valence-electron chi connectivity index (χ1n) is 12.0. The van der Waals surface area contributed by atoms with Crippen LogP contribution < -0.4 is 0 Å². The van der Waals surface area contributed by atoms with Gasteiger partial charge < -0.3 is 19.3 Å². The number of ketones is 1. The van der Waals surface area contributed by atoms with Crippen LogP contribution in [0.2, 0.25) is 0 Å². The van der Waals surface area contributed by atoms with E-state index in [0.29, 0.717) is 32.3 Å². The maximum absolute atomic E-state index is 13.6. The van der Waals surface area contributed by atoms with Crippen molar-refractivity contribution in [2.24, 2.45) is 34.5 Å². The second-order valence-electron chi connectivity index (χ2n) is 10.8. The number of aliphatic hydroxyl groups excluding tert-OH is 1. The van der Waals surface area contributed by atoms with Gasteiger partial charge in [0.25, 0.3) is 0 Å². The molecule has 8 atom stereocenters. The summed E-state index contributed by atoms with van der Waals surface area (Å²) in [7, 11) is 1.36. The van der Waals surface area contributed by atoms with Crippen molar-refractivity contribution in [3.8, 4) is 0 Å².